The molecule has 1 saturated heterocycles. The molecule has 1 aliphatic heterocycles. The number of halogens is 3. The Balaban J connectivity index is 1.38. The van der Waals surface area contributed by atoms with E-state index in [4.69, 9.17) is 4.74 Å². The molecule has 1 unspecified atom stereocenters. The van der Waals surface area contributed by atoms with Gasteiger partial charge in [0, 0.05) is 18.7 Å². The monoisotopic (exact) mass is 522 g/mol. The SMILES string of the molecule is CCC(CNC(=O)[C@@H]1CCCN1C(=O)[C@@H](n1cc(C2CC2)[nH]1)C(C)(C)C)Oc1cccc(C(F)(F)F)c1. The van der Waals surface area contributed by atoms with Gasteiger partial charge in [0.15, 0.2) is 0 Å². The maximum Gasteiger partial charge on any atom is 0.416 e. The van der Waals surface area contributed by atoms with Crippen LogP contribution < -0.4 is 10.1 Å². The predicted molar refractivity (Wildman–Crippen MR) is 133 cm³/mol. The first-order valence-electron chi connectivity index (χ1n) is 13.1. The second-order valence-electron chi connectivity index (χ2n) is 11.3. The van der Waals surface area contributed by atoms with Crippen molar-refractivity contribution in [3.05, 3.63) is 41.7 Å². The zero-order valence-corrected chi connectivity index (χ0v) is 21.9. The van der Waals surface area contributed by atoms with Crippen molar-refractivity contribution in [1.29, 1.82) is 0 Å². The van der Waals surface area contributed by atoms with E-state index in [1.807, 2.05) is 38.6 Å². The maximum atomic E-state index is 13.7. The molecule has 1 aliphatic carbocycles. The first kappa shape index (κ1) is 27.1. The lowest BCUT2D eigenvalue weighted by atomic mass is 9.85. The van der Waals surface area contributed by atoms with Crippen LogP contribution >= 0.6 is 0 Å². The predicted octanol–water partition coefficient (Wildman–Crippen LogP) is 5.26. The van der Waals surface area contributed by atoms with Gasteiger partial charge in [0.05, 0.1) is 17.8 Å². The fourth-order valence-electron chi connectivity index (χ4n) is 4.93. The van der Waals surface area contributed by atoms with E-state index in [0.717, 1.165) is 18.6 Å². The summed E-state index contributed by atoms with van der Waals surface area (Å²) in [5.74, 6) is 0.315. The van der Waals surface area contributed by atoms with Crippen molar-refractivity contribution in [1.82, 2.24) is 20.0 Å². The molecule has 2 aliphatic rings. The molecule has 2 fully saturated rings. The Labute approximate surface area is 215 Å². The number of H-pyrrole nitrogens is 1. The lowest BCUT2D eigenvalue weighted by molar-refractivity contribution is -0.144. The van der Waals surface area contributed by atoms with Crippen molar-refractivity contribution in [2.45, 2.75) is 90.1 Å². The molecule has 0 radical (unpaired) electrons. The number of hydrogen-bond donors (Lipinski definition) is 2. The Bertz CT molecular complexity index is 1090. The Hall–Kier alpha value is -2.91. The largest absolute Gasteiger partial charge is 0.489 e. The molecule has 1 aromatic heterocycles. The highest BCUT2D eigenvalue weighted by atomic mass is 19.4. The average molecular weight is 523 g/mol. The molecule has 37 heavy (non-hydrogen) atoms. The lowest BCUT2D eigenvalue weighted by Crippen LogP contribution is -2.51. The third kappa shape index (κ3) is 6.33. The van der Waals surface area contributed by atoms with Crippen LogP contribution in [0.25, 0.3) is 0 Å². The summed E-state index contributed by atoms with van der Waals surface area (Å²) in [7, 11) is 0. The molecule has 10 heteroatoms. The van der Waals surface area contributed by atoms with Crippen molar-refractivity contribution in [2.75, 3.05) is 13.1 Å². The average Bonchev–Trinajstić information content (AvgIpc) is 3.50. The number of nitrogens with one attached hydrogen (secondary N) is 2. The summed E-state index contributed by atoms with van der Waals surface area (Å²) in [6.07, 6.45) is 1.19. The number of rotatable bonds is 9. The van der Waals surface area contributed by atoms with Gasteiger partial charge in [-0.3, -0.25) is 14.3 Å². The number of nitrogens with zero attached hydrogens (tertiary/aromatic N) is 2. The topological polar surface area (TPSA) is 79.4 Å². The molecular weight excluding hydrogens is 485 g/mol. The van der Waals surface area contributed by atoms with Crippen molar-refractivity contribution in [2.24, 2.45) is 5.41 Å². The van der Waals surface area contributed by atoms with E-state index < -0.39 is 29.9 Å². The molecule has 2 aromatic rings. The van der Waals surface area contributed by atoms with Gasteiger partial charge in [-0.2, -0.15) is 13.2 Å². The highest BCUT2D eigenvalue weighted by molar-refractivity contribution is 5.90. The third-order valence-electron chi connectivity index (χ3n) is 7.15. The molecule has 1 saturated carbocycles. The molecule has 0 spiro atoms. The molecule has 1 aromatic carbocycles. The summed E-state index contributed by atoms with van der Waals surface area (Å²) in [5, 5.41) is 6.21. The van der Waals surface area contributed by atoms with Crippen molar-refractivity contribution < 1.29 is 27.5 Å². The highest BCUT2D eigenvalue weighted by Crippen LogP contribution is 2.42. The van der Waals surface area contributed by atoms with E-state index >= 15 is 0 Å². The van der Waals surface area contributed by atoms with Gasteiger partial charge in [-0.05, 0) is 55.7 Å². The van der Waals surface area contributed by atoms with Crippen LogP contribution in [0.1, 0.15) is 83.0 Å². The summed E-state index contributed by atoms with van der Waals surface area (Å²) >= 11 is 0. The Morgan fingerprint density at radius 1 is 1.19 bits per heavy atom. The number of amides is 2. The third-order valence-corrected chi connectivity index (χ3v) is 7.15. The number of likely N-dealkylation sites (tertiary alicyclic amines) is 1. The normalized spacial score (nSPS) is 20.1. The number of carbonyl (C=O) groups excluding carboxylic acids is 2. The van der Waals surface area contributed by atoms with E-state index in [0.29, 0.717) is 25.3 Å². The molecular formula is C27H37F3N4O3. The number of hydrogen-bond acceptors (Lipinski definition) is 3. The molecule has 2 amide bonds. The summed E-state index contributed by atoms with van der Waals surface area (Å²) in [4.78, 5) is 28.5. The van der Waals surface area contributed by atoms with Gasteiger partial charge in [0.2, 0.25) is 11.8 Å². The van der Waals surface area contributed by atoms with Gasteiger partial charge < -0.3 is 20.1 Å². The van der Waals surface area contributed by atoms with Crippen LogP contribution in [-0.4, -0.2) is 51.7 Å². The van der Waals surface area contributed by atoms with Crippen LogP contribution in [0.5, 0.6) is 5.75 Å². The maximum absolute atomic E-state index is 13.7. The van der Waals surface area contributed by atoms with Gasteiger partial charge in [-0.25, -0.2) is 0 Å². The summed E-state index contributed by atoms with van der Waals surface area (Å²) in [6.45, 7) is 8.53. The summed E-state index contributed by atoms with van der Waals surface area (Å²) in [6, 6.07) is 3.68. The van der Waals surface area contributed by atoms with Crippen molar-refractivity contribution in [3.8, 4) is 5.75 Å². The Morgan fingerprint density at radius 2 is 1.89 bits per heavy atom. The van der Waals surface area contributed by atoms with Crippen LogP contribution in [0.15, 0.2) is 30.5 Å². The smallest absolute Gasteiger partial charge is 0.416 e. The second-order valence-corrected chi connectivity index (χ2v) is 11.3. The van der Waals surface area contributed by atoms with Gasteiger partial charge >= 0.3 is 6.18 Å². The fourth-order valence-corrected chi connectivity index (χ4v) is 4.93. The molecule has 0 bridgehead atoms. The van der Waals surface area contributed by atoms with Crippen LogP contribution in [-0.2, 0) is 15.8 Å². The second kappa shape index (κ2) is 10.5. The first-order valence-corrected chi connectivity index (χ1v) is 13.1. The van der Waals surface area contributed by atoms with Crippen molar-refractivity contribution in [3.63, 3.8) is 0 Å². The highest BCUT2D eigenvalue weighted by Gasteiger charge is 2.43. The zero-order valence-electron chi connectivity index (χ0n) is 21.9. The molecule has 7 nitrogen and oxygen atoms in total. The number of ether oxygens (including phenoxy) is 1. The first-order chi connectivity index (χ1) is 17.4. The van der Waals surface area contributed by atoms with E-state index in [2.05, 4.69) is 10.4 Å². The Kier molecular flexibility index (Phi) is 7.67. The lowest BCUT2D eigenvalue weighted by Gasteiger charge is -2.37. The molecule has 204 valence electrons. The standard InChI is InChI=1S/C27H37F3N4O3/c1-5-19(37-20-9-6-8-18(14-20)27(28,29)30)15-31-24(35)22-10-7-13-33(22)25(36)23(26(2,3)4)34-16-21(32-34)17-11-12-17/h6,8-9,14,16-17,19,22-23,32H,5,7,10-13,15H2,1-4H3,(H,31,35)/t19?,22-,23+/m0/s1. The number of alkyl halides is 3. The Morgan fingerprint density at radius 3 is 2.49 bits per heavy atom. The number of aromatic nitrogens is 2. The molecule has 3 atom stereocenters. The van der Waals surface area contributed by atoms with E-state index in [9.17, 15) is 22.8 Å². The summed E-state index contributed by atoms with van der Waals surface area (Å²) < 4.78 is 46.7. The summed E-state index contributed by atoms with van der Waals surface area (Å²) in [5.41, 5.74) is 0.0306. The quantitative estimate of drug-likeness (QED) is 0.471. The minimum Gasteiger partial charge on any atom is -0.489 e. The van der Waals surface area contributed by atoms with Gasteiger partial charge in [-0.1, -0.05) is 33.8 Å². The van der Waals surface area contributed by atoms with Crippen molar-refractivity contribution >= 4 is 11.8 Å². The van der Waals surface area contributed by atoms with Gasteiger partial charge in [0.25, 0.3) is 0 Å². The fraction of sp³-hybridized carbons (Fsp3) is 0.630. The minimum atomic E-state index is -4.46. The van der Waals surface area contributed by atoms with Crippen LogP contribution in [0.3, 0.4) is 0 Å². The van der Waals surface area contributed by atoms with Crippen LogP contribution in [0.2, 0.25) is 0 Å². The van der Waals surface area contributed by atoms with Crippen LogP contribution in [0, 0.1) is 5.41 Å². The number of benzene rings is 1. The van der Waals surface area contributed by atoms with E-state index in [1.165, 1.54) is 30.7 Å². The van der Waals surface area contributed by atoms with E-state index in [1.54, 1.807) is 4.90 Å². The number of aromatic amines is 1. The zero-order chi connectivity index (χ0) is 27.0. The number of carbonyl (C=O) groups is 2. The minimum absolute atomic E-state index is 0.0870. The van der Waals surface area contributed by atoms with Gasteiger partial charge in [0.1, 0.15) is 23.9 Å². The van der Waals surface area contributed by atoms with Crippen LogP contribution in [0.4, 0.5) is 13.2 Å². The molecule has 2 heterocycles. The molecule has 2 N–H and O–H groups in total. The molecule has 4 rings (SSSR count). The van der Waals surface area contributed by atoms with Gasteiger partial charge in [-0.15, -0.1) is 0 Å². The van der Waals surface area contributed by atoms with E-state index in [-0.39, 0.29) is 29.5 Å².